The number of hydrogen-bond donors (Lipinski definition) is 2. The van der Waals surface area contributed by atoms with Gasteiger partial charge < -0.3 is 10.4 Å². The molecule has 0 aromatic heterocycles. The van der Waals surface area contributed by atoms with Gasteiger partial charge in [-0.05, 0) is 18.1 Å². The maximum atomic E-state index is 11.9. The van der Waals surface area contributed by atoms with Crippen molar-refractivity contribution >= 4 is 23.2 Å². The second-order valence-electron chi connectivity index (χ2n) is 4.44. The molecule has 19 heavy (non-hydrogen) atoms. The third kappa shape index (κ3) is 4.18. The SMILES string of the molecule is CC(C)C(O)CNC(=O)c1cc(Cl)ccc1[N+](=O)[O-]. The molecule has 2 N–H and O–H groups in total. The number of nitrogens with one attached hydrogen (secondary N) is 1. The maximum Gasteiger partial charge on any atom is 0.282 e. The molecule has 1 aromatic carbocycles. The van der Waals surface area contributed by atoms with E-state index in [2.05, 4.69) is 5.32 Å². The number of carbonyl (C=O) groups excluding carboxylic acids is 1. The number of amides is 1. The number of aliphatic hydroxyl groups is 1. The van der Waals surface area contributed by atoms with Crippen molar-refractivity contribution in [3.8, 4) is 0 Å². The van der Waals surface area contributed by atoms with Gasteiger partial charge in [0.2, 0.25) is 0 Å². The minimum absolute atomic E-state index is 0.0188. The number of carbonyl (C=O) groups is 1. The molecule has 0 aliphatic rings. The predicted octanol–water partition coefficient (Wildman–Crippen LogP) is 1.99. The summed E-state index contributed by atoms with van der Waals surface area (Å²) in [5, 5.41) is 23.1. The zero-order valence-corrected chi connectivity index (χ0v) is 11.3. The first-order chi connectivity index (χ1) is 8.82. The lowest BCUT2D eigenvalue weighted by Crippen LogP contribution is -2.35. The van der Waals surface area contributed by atoms with Crippen molar-refractivity contribution in [2.45, 2.75) is 20.0 Å². The Labute approximate surface area is 115 Å². The Morgan fingerprint density at radius 2 is 2.16 bits per heavy atom. The van der Waals surface area contributed by atoms with Crippen LogP contribution < -0.4 is 5.32 Å². The fourth-order valence-corrected chi connectivity index (χ4v) is 1.55. The normalized spacial score (nSPS) is 12.3. The van der Waals surface area contributed by atoms with E-state index in [0.717, 1.165) is 0 Å². The molecule has 6 nitrogen and oxygen atoms in total. The van der Waals surface area contributed by atoms with Gasteiger partial charge in [-0.15, -0.1) is 0 Å². The van der Waals surface area contributed by atoms with E-state index in [1.54, 1.807) is 13.8 Å². The monoisotopic (exact) mass is 286 g/mol. The number of halogens is 1. The lowest BCUT2D eigenvalue weighted by Gasteiger charge is -2.15. The van der Waals surface area contributed by atoms with Gasteiger partial charge in [0.25, 0.3) is 11.6 Å². The van der Waals surface area contributed by atoms with Gasteiger partial charge in [-0.2, -0.15) is 0 Å². The summed E-state index contributed by atoms with van der Waals surface area (Å²) < 4.78 is 0. The Kier molecular flexibility index (Phi) is 5.26. The zero-order valence-electron chi connectivity index (χ0n) is 10.6. The lowest BCUT2D eigenvalue weighted by molar-refractivity contribution is -0.385. The van der Waals surface area contributed by atoms with E-state index in [0.29, 0.717) is 0 Å². The second kappa shape index (κ2) is 6.49. The van der Waals surface area contributed by atoms with Crippen molar-refractivity contribution in [1.29, 1.82) is 0 Å². The molecule has 0 aliphatic carbocycles. The largest absolute Gasteiger partial charge is 0.391 e. The van der Waals surface area contributed by atoms with Crippen LogP contribution in [-0.4, -0.2) is 28.6 Å². The van der Waals surface area contributed by atoms with Crippen LogP contribution in [0, 0.1) is 16.0 Å². The topological polar surface area (TPSA) is 92.5 Å². The first kappa shape index (κ1) is 15.4. The van der Waals surface area contributed by atoms with Crippen LogP contribution in [-0.2, 0) is 0 Å². The Morgan fingerprint density at radius 3 is 2.68 bits per heavy atom. The molecule has 0 saturated heterocycles. The van der Waals surface area contributed by atoms with Gasteiger partial charge in [0, 0.05) is 17.6 Å². The minimum Gasteiger partial charge on any atom is -0.391 e. The van der Waals surface area contributed by atoms with E-state index in [1.165, 1.54) is 18.2 Å². The van der Waals surface area contributed by atoms with Gasteiger partial charge in [0.05, 0.1) is 11.0 Å². The maximum absolute atomic E-state index is 11.9. The molecule has 0 saturated carbocycles. The van der Waals surface area contributed by atoms with Crippen LogP contribution in [0.3, 0.4) is 0 Å². The first-order valence-electron chi connectivity index (χ1n) is 5.73. The summed E-state index contributed by atoms with van der Waals surface area (Å²) in [4.78, 5) is 22.0. The number of nitro benzene ring substituents is 1. The average Bonchev–Trinajstić information content (AvgIpc) is 2.34. The number of nitro groups is 1. The van der Waals surface area contributed by atoms with Crippen LogP contribution in [0.2, 0.25) is 5.02 Å². The van der Waals surface area contributed by atoms with Gasteiger partial charge >= 0.3 is 0 Å². The quantitative estimate of drug-likeness (QED) is 0.639. The van der Waals surface area contributed by atoms with Crippen LogP contribution in [0.5, 0.6) is 0 Å². The number of aliphatic hydroxyl groups excluding tert-OH is 1. The van der Waals surface area contributed by atoms with Crippen LogP contribution in [0.1, 0.15) is 24.2 Å². The Bertz CT molecular complexity index is 491. The zero-order chi connectivity index (χ0) is 14.6. The standard InChI is InChI=1S/C12H15ClN2O4/c1-7(2)11(16)6-14-12(17)9-5-8(13)3-4-10(9)15(18)19/h3-5,7,11,16H,6H2,1-2H3,(H,14,17). The second-order valence-corrected chi connectivity index (χ2v) is 4.88. The van der Waals surface area contributed by atoms with Crippen molar-refractivity contribution in [2.24, 2.45) is 5.92 Å². The highest BCUT2D eigenvalue weighted by atomic mass is 35.5. The van der Waals surface area contributed by atoms with Crippen molar-refractivity contribution in [3.63, 3.8) is 0 Å². The average molecular weight is 287 g/mol. The molecule has 0 heterocycles. The van der Waals surface area contributed by atoms with Crippen molar-refractivity contribution in [3.05, 3.63) is 38.9 Å². The van der Waals surface area contributed by atoms with Gasteiger partial charge in [-0.25, -0.2) is 0 Å². The van der Waals surface area contributed by atoms with E-state index in [9.17, 15) is 20.0 Å². The summed E-state index contributed by atoms with van der Waals surface area (Å²) in [5.74, 6) is -0.649. The summed E-state index contributed by atoms with van der Waals surface area (Å²) in [7, 11) is 0. The van der Waals surface area contributed by atoms with E-state index in [-0.39, 0.29) is 28.7 Å². The minimum atomic E-state index is -0.706. The highest BCUT2D eigenvalue weighted by Gasteiger charge is 2.21. The molecule has 0 spiro atoms. The summed E-state index contributed by atoms with van der Waals surface area (Å²) in [6.45, 7) is 3.64. The summed E-state index contributed by atoms with van der Waals surface area (Å²) in [6.07, 6.45) is -0.706. The highest BCUT2D eigenvalue weighted by molar-refractivity contribution is 6.31. The molecule has 1 aromatic rings. The van der Waals surface area contributed by atoms with Gasteiger partial charge in [-0.3, -0.25) is 14.9 Å². The van der Waals surface area contributed by atoms with E-state index >= 15 is 0 Å². The number of nitrogens with zero attached hydrogens (tertiary/aromatic N) is 1. The molecule has 0 bridgehead atoms. The molecular formula is C12H15ClN2O4. The Balaban J connectivity index is 2.87. The molecule has 0 radical (unpaired) electrons. The lowest BCUT2D eigenvalue weighted by atomic mass is 10.1. The summed E-state index contributed by atoms with van der Waals surface area (Å²) >= 11 is 5.73. The molecule has 1 amide bonds. The number of rotatable bonds is 5. The van der Waals surface area contributed by atoms with Gasteiger partial charge in [0.15, 0.2) is 0 Å². The molecule has 0 fully saturated rings. The first-order valence-corrected chi connectivity index (χ1v) is 6.11. The van der Waals surface area contributed by atoms with Gasteiger partial charge in [-0.1, -0.05) is 25.4 Å². The highest BCUT2D eigenvalue weighted by Crippen LogP contribution is 2.22. The van der Waals surface area contributed by atoms with E-state index < -0.39 is 16.9 Å². The summed E-state index contributed by atoms with van der Waals surface area (Å²) in [6, 6.07) is 3.76. The van der Waals surface area contributed by atoms with Crippen molar-refractivity contribution < 1.29 is 14.8 Å². The van der Waals surface area contributed by atoms with E-state index in [1.807, 2.05) is 0 Å². The summed E-state index contributed by atoms with van der Waals surface area (Å²) in [5.41, 5.74) is -0.436. The van der Waals surface area contributed by atoms with Gasteiger partial charge in [0.1, 0.15) is 5.56 Å². The van der Waals surface area contributed by atoms with Crippen LogP contribution in [0.4, 0.5) is 5.69 Å². The molecule has 1 atom stereocenters. The van der Waals surface area contributed by atoms with Crippen LogP contribution >= 0.6 is 11.6 Å². The molecule has 1 unspecified atom stereocenters. The van der Waals surface area contributed by atoms with E-state index in [4.69, 9.17) is 11.6 Å². The predicted molar refractivity (Wildman–Crippen MR) is 71.3 cm³/mol. The van der Waals surface area contributed by atoms with Crippen molar-refractivity contribution in [2.75, 3.05) is 6.54 Å². The molecule has 0 aliphatic heterocycles. The van der Waals surface area contributed by atoms with Crippen molar-refractivity contribution in [1.82, 2.24) is 5.32 Å². The fourth-order valence-electron chi connectivity index (χ4n) is 1.38. The van der Waals surface area contributed by atoms with Crippen LogP contribution in [0.25, 0.3) is 0 Å². The van der Waals surface area contributed by atoms with Crippen LogP contribution in [0.15, 0.2) is 18.2 Å². The number of hydrogen-bond acceptors (Lipinski definition) is 4. The fraction of sp³-hybridized carbons (Fsp3) is 0.417. The molecule has 1 rings (SSSR count). The Hall–Kier alpha value is -1.66. The Morgan fingerprint density at radius 1 is 1.53 bits per heavy atom. The molecule has 7 heteroatoms. The number of benzene rings is 1. The third-order valence-corrected chi connectivity index (χ3v) is 2.88. The third-order valence-electron chi connectivity index (χ3n) is 2.64. The molecular weight excluding hydrogens is 272 g/mol. The smallest absolute Gasteiger partial charge is 0.282 e. The molecule has 104 valence electrons.